The number of carbonyl (C=O) groups is 1. The van der Waals surface area contributed by atoms with E-state index in [9.17, 15) is 4.79 Å². The molecule has 0 aliphatic carbocycles. The average molecular weight is 271 g/mol. The highest BCUT2D eigenvalue weighted by molar-refractivity contribution is 5.76. The van der Waals surface area contributed by atoms with Crippen LogP contribution in [0.15, 0.2) is 53.1 Å². The van der Waals surface area contributed by atoms with Crippen molar-refractivity contribution in [1.29, 1.82) is 0 Å². The van der Waals surface area contributed by atoms with Crippen LogP contribution in [0.1, 0.15) is 31.1 Å². The number of nitrogens with one attached hydrogen (secondary N) is 1. The molecule has 1 amide bonds. The summed E-state index contributed by atoms with van der Waals surface area (Å²) >= 11 is 0. The lowest BCUT2D eigenvalue weighted by atomic mass is 10.1. The van der Waals surface area contributed by atoms with Crippen molar-refractivity contribution in [2.75, 3.05) is 0 Å². The van der Waals surface area contributed by atoms with Crippen LogP contribution < -0.4 is 5.32 Å². The molecule has 0 radical (unpaired) electrons. The van der Waals surface area contributed by atoms with Gasteiger partial charge in [0, 0.05) is 18.9 Å². The molecule has 20 heavy (non-hydrogen) atoms. The number of rotatable bonds is 7. The van der Waals surface area contributed by atoms with Gasteiger partial charge in [-0.3, -0.25) is 4.79 Å². The van der Waals surface area contributed by atoms with Crippen molar-refractivity contribution in [2.24, 2.45) is 0 Å². The summed E-state index contributed by atoms with van der Waals surface area (Å²) in [5.74, 6) is 1.02. The topological polar surface area (TPSA) is 42.2 Å². The smallest absolute Gasteiger partial charge is 0.220 e. The molecule has 0 spiro atoms. The molecule has 2 aromatic rings. The molecule has 2 rings (SSSR count). The number of hydrogen-bond donors (Lipinski definition) is 1. The van der Waals surface area contributed by atoms with Crippen molar-refractivity contribution in [3.63, 3.8) is 0 Å². The first-order valence-corrected chi connectivity index (χ1v) is 7.09. The van der Waals surface area contributed by atoms with Gasteiger partial charge in [0.2, 0.25) is 5.91 Å². The first-order valence-electron chi connectivity index (χ1n) is 7.09. The van der Waals surface area contributed by atoms with Gasteiger partial charge in [-0.05, 0) is 37.5 Å². The van der Waals surface area contributed by atoms with Gasteiger partial charge in [0.1, 0.15) is 5.76 Å². The van der Waals surface area contributed by atoms with E-state index >= 15 is 0 Å². The number of hydrogen-bond acceptors (Lipinski definition) is 2. The highest BCUT2D eigenvalue weighted by Gasteiger charge is 2.09. The third-order valence-electron chi connectivity index (χ3n) is 3.21. The van der Waals surface area contributed by atoms with Crippen LogP contribution in [0.2, 0.25) is 0 Å². The summed E-state index contributed by atoms with van der Waals surface area (Å²) in [6.45, 7) is 2.00. The van der Waals surface area contributed by atoms with E-state index in [1.165, 1.54) is 5.56 Å². The molecular weight excluding hydrogens is 250 g/mol. The Morgan fingerprint density at radius 1 is 1.20 bits per heavy atom. The zero-order chi connectivity index (χ0) is 14.2. The minimum absolute atomic E-state index is 0.102. The summed E-state index contributed by atoms with van der Waals surface area (Å²) in [6, 6.07) is 14.1. The molecule has 0 aliphatic rings. The van der Waals surface area contributed by atoms with Gasteiger partial charge in [-0.1, -0.05) is 30.3 Å². The second-order valence-corrected chi connectivity index (χ2v) is 5.09. The summed E-state index contributed by atoms with van der Waals surface area (Å²) in [6.07, 6.45) is 4.78. The number of carbonyl (C=O) groups excluding carboxylic acids is 1. The summed E-state index contributed by atoms with van der Waals surface area (Å²) < 4.78 is 5.27. The van der Waals surface area contributed by atoms with Crippen LogP contribution in [-0.4, -0.2) is 11.9 Å². The minimum Gasteiger partial charge on any atom is -0.469 e. The van der Waals surface area contributed by atoms with Crippen LogP contribution >= 0.6 is 0 Å². The van der Waals surface area contributed by atoms with E-state index in [4.69, 9.17) is 4.42 Å². The molecule has 0 saturated heterocycles. The van der Waals surface area contributed by atoms with Crippen molar-refractivity contribution < 1.29 is 9.21 Å². The van der Waals surface area contributed by atoms with Crippen LogP contribution in [0.3, 0.4) is 0 Å². The Balaban J connectivity index is 1.65. The molecule has 1 atom stereocenters. The van der Waals surface area contributed by atoms with Gasteiger partial charge in [0.15, 0.2) is 0 Å². The van der Waals surface area contributed by atoms with E-state index < -0.39 is 0 Å². The molecule has 1 aromatic carbocycles. The molecule has 1 N–H and O–H groups in total. The average Bonchev–Trinajstić information content (AvgIpc) is 2.92. The number of benzene rings is 1. The minimum atomic E-state index is 0.102. The molecule has 3 nitrogen and oxygen atoms in total. The lowest BCUT2D eigenvalue weighted by Crippen LogP contribution is -2.33. The van der Waals surface area contributed by atoms with E-state index in [-0.39, 0.29) is 11.9 Å². The highest BCUT2D eigenvalue weighted by atomic mass is 16.3. The molecule has 1 unspecified atom stereocenters. The van der Waals surface area contributed by atoms with Crippen LogP contribution in [0.5, 0.6) is 0 Å². The Kier molecular flexibility index (Phi) is 5.42. The van der Waals surface area contributed by atoms with Crippen molar-refractivity contribution in [3.8, 4) is 0 Å². The number of aryl methyl sites for hydroxylation is 1. The summed E-state index contributed by atoms with van der Waals surface area (Å²) in [5.41, 5.74) is 1.28. The van der Waals surface area contributed by atoms with Crippen LogP contribution in [0, 0.1) is 0 Å². The van der Waals surface area contributed by atoms with Crippen molar-refractivity contribution in [1.82, 2.24) is 5.32 Å². The fraction of sp³-hybridized carbons (Fsp3) is 0.353. The Morgan fingerprint density at radius 3 is 2.70 bits per heavy atom. The van der Waals surface area contributed by atoms with Gasteiger partial charge in [-0.2, -0.15) is 0 Å². The Labute approximate surface area is 120 Å². The maximum absolute atomic E-state index is 11.8. The normalized spacial score (nSPS) is 12.1. The van der Waals surface area contributed by atoms with Crippen LogP contribution in [0.25, 0.3) is 0 Å². The van der Waals surface area contributed by atoms with Crippen molar-refractivity contribution in [3.05, 3.63) is 60.1 Å². The van der Waals surface area contributed by atoms with E-state index in [2.05, 4.69) is 17.4 Å². The SMILES string of the molecule is CC(Cc1ccco1)NC(=O)CCCc1ccccc1. The van der Waals surface area contributed by atoms with Gasteiger partial charge in [-0.25, -0.2) is 0 Å². The van der Waals surface area contributed by atoms with E-state index in [0.717, 1.165) is 25.0 Å². The quantitative estimate of drug-likeness (QED) is 0.839. The van der Waals surface area contributed by atoms with Gasteiger partial charge in [0.05, 0.1) is 6.26 Å². The Bertz CT molecular complexity index is 505. The van der Waals surface area contributed by atoms with Crippen molar-refractivity contribution in [2.45, 2.75) is 38.6 Å². The molecule has 106 valence electrons. The predicted molar refractivity (Wildman–Crippen MR) is 79.4 cm³/mol. The van der Waals surface area contributed by atoms with Gasteiger partial charge in [-0.15, -0.1) is 0 Å². The highest BCUT2D eigenvalue weighted by Crippen LogP contribution is 2.06. The molecular formula is C17H21NO2. The molecule has 0 aliphatic heterocycles. The maximum Gasteiger partial charge on any atom is 0.220 e. The van der Waals surface area contributed by atoms with Gasteiger partial charge < -0.3 is 9.73 Å². The predicted octanol–water partition coefficient (Wildman–Crippen LogP) is 3.35. The van der Waals surface area contributed by atoms with Gasteiger partial charge in [0.25, 0.3) is 0 Å². The third kappa shape index (κ3) is 4.92. The number of furan rings is 1. The lowest BCUT2D eigenvalue weighted by molar-refractivity contribution is -0.121. The molecule has 3 heteroatoms. The maximum atomic E-state index is 11.8. The summed E-state index contributed by atoms with van der Waals surface area (Å²) in [4.78, 5) is 11.8. The largest absolute Gasteiger partial charge is 0.469 e. The van der Waals surface area contributed by atoms with E-state index in [0.29, 0.717) is 6.42 Å². The van der Waals surface area contributed by atoms with Crippen LogP contribution in [0.4, 0.5) is 0 Å². The number of amides is 1. The molecule has 1 aromatic heterocycles. The fourth-order valence-corrected chi connectivity index (χ4v) is 2.23. The zero-order valence-electron chi connectivity index (χ0n) is 11.8. The molecule has 0 bridgehead atoms. The molecule has 0 fully saturated rings. The third-order valence-corrected chi connectivity index (χ3v) is 3.21. The molecule has 0 saturated carbocycles. The molecule has 1 heterocycles. The first-order chi connectivity index (χ1) is 9.74. The van der Waals surface area contributed by atoms with E-state index in [1.807, 2.05) is 37.3 Å². The van der Waals surface area contributed by atoms with Crippen LogP contribution in [-0.2, 0) is 17.6 Å². The van der Waals surface area contributed by atoms with E-state index in [1.54, 1.807) is 6.26 Å². The van der Waals surface area contributed by atoms with Crippen molar-refractivity contribution >= 4 is 5.91 Å². The summed E-state index contributed by atoms with van der Waals surface area (Å²) in [7, 11) is 0. The Hall–Kier alpha value is -2.03. The monoisotopic (exact) mass is 271 g/mol. The standard InChI is InChI=1S/C17H21NO2/c1-14(13-16-10-6-12-20-16)18-17(19)11-5-9-15-7-3-2-4-8-15/h2-4,6-8,10,12,14H,5,9,11,13H2,1H3,(H,18,19). The lowest BCUT2D eigenvalue weighted by Gasteiger charge is -2.12. The fourth-order valence-electron chi connectivity index (χ4n) is 2.23. The Morgan fingerprint density at radius 2 is 2.00 bits per heavy atom. The first kappa shape index (κ1) is 14.4. The zero-order valence-corrected chi connectivity index (χ0v) is 11.8. The second-order valence-electron chi connectivity index (χ2n) is 5.09. The second kappa shape index (κ2) is 7.53. The summed E-state index contributed by atoms with van der Waals surface area (Å²) in [5, 5.41) is 3.01. The van der Waals surface area contributed by atoms with Gasteiger partial charge >= 0.3 is 0 Å².